The molecule has 0 aliphatic carbocycles. The van der Waals surface area contributed by atoms with Gasteiger partial charge >= 0.3 is 10.1 Å². The predicted molar refractivity (Wildman–Crippen MR) is 101 cm³/mol. The summed E-state index contributed by atoms with van der Waals surface area (Å²) in [5.74, 6) is -0.414. The molecule has 0 atom stereocenters. The number of non-ortho nitro benzene ring substituents is 1. The van der Waals surface area contributed by atoms with Crippen LogP contribution in [0.25, 0.3) is 10.4 Å². The van der Waals surface area contributed by atoms with Crippen LogP contribution in [-0.4, -0.2) is 13.3 Å². The van der Waals surface area contributed by atoms with E-state index in [0.717, 1.165) is 0 Å². The van der Waals surface area contributed by atoms with Crippen molar-refractivity contribution >= 4 is 27.1 Å². The Hall–Kier alpha value is -3.22. The lowest BCUT2D eigenvalue weighted by Crippen LogP contribution is -2.12. The maximum Gasteiger partial charge on any atom is 0.313 e. The van der Waals surface area contributed by atoms with Gasteiger partial charge in [-0.15, -0.1) is 11.3 Å². The lowest BCUT2D eigenvalue weighted by molar-refractivity contribution is -0.384. The van der Waals surface area contributed by atoms with Crippen molar-refractivity contribution in [3.8, 4) is 22.3 Å². The van der Waals surface area contributed by atoms with Gasteiger partial charge in [-0.2, -0.15) is 13.7 Å². The van der Waals surface area contributed by atoms with Crippen molar-refractivity contribution in [1.82, 2.24) is 0 Å². The number of nitro groups is 1. The summed E-state index contributed by atoms with van der Waals surface area (Å²) in [6.45, 7) is 0. The molecule has 0 aliphatic rings. The molecule has 0 aliphatic heterocycles. The first kappa shape index (κ1) is 18.6. The van der Waals surface area contributed by atoms with Crippen LogP contribution < -0.4 is 4.18 Å². The molecule has 0 spiro atoms. The second-order valence-electron chi connectivity index (χ2n) is 5.51. The quantitative estimate of drug-likeness (QED) is 0.350. The van der Waals surface area contributed by atoms with E-state index >= 15 is 0 Å². The Morgan fingerprint density at radius 3 is 2.63 bits per heavy atom. The van der Waals surface area contributed by atoms with Crippen LogP contribution in [0.3, 0.4) is 0 Å². The Morgan fingerprint density at radius 1 is 1.15 bits per heavy atom. The molecule has 3 aromatic rings. The van der Waals surface area contributed by atoms with E-state index in [4.69, 9.17) is 9.44 Å². The average Bonchev–Trinajstić information content (AvgIpc) is 3.15. The summed E-state index contributed by atoms with van der Waals surface area (Å²) >= 11 is 1.31. The number of thiophene rings is 1. The standard InChI is InChI=1S/C18H12N2O5S2/c19-11-13-3-1-4-14(9-13)12-27(23,24)25-17-7-6-15(20(21)22)10-16(17)18-5-2-8-26-18/h1-10H,12H2. The Labute approximate surface area is 159 Å². The topological polar surface area (TPSA) is 110 Å². The molecule has 0 saturated carbocycles. The largest absolute Gasteiger partial charge is 0.381 e. The molecule has 1 heterocycles. The fourth-order valence-electron chi connectivity index (χ4n) is 2.43. The third-order valence-corrected chi connectivity index (χ3v) is 5.60. The Morgan fingerprint density at radius 2 is 1.96 bits per heavy atom. The number of hydrogen-bond donors (Lipinski definition) is 0. The molecule has 0 bridgehead atoms. The van der Waals surface area contributed by atoms with Crippen molar-refractivity contribution in [2.75, 3.05) is 0 Å². The Kier molecular flexibility index (Phi) is 5.21. The van der Waals surface area contributed by atoms with E-state index in [0.29, 0.717) is 21.6 Å². The molecule has 0 N–H and O–H groups in total. The third-order valence-electron chi connectivity index (χ3n) is 3.58. The lowest BCUT2D eigenvalue weighted by atomic mass is 10.1. The van der Waals surface area contributed by atoms with Gasteiger partial charge in [0.1, 0.15) is 5.75 Å². The van der Waals surface area contributed by atoms with E-state index in [2.05, 4.69) is 0 Å². The molecule has 0 saturated heterocycles. The fraction of sp³-hybridized carbons (Fsp3) is 0.0556. The van der Waals surface area contributed by atoms with Gasteiger partial charge in [-0.05, 0) is 35.2 Å². The van der Waals surface area contributed by atoms with Crippen LogP contribution in [0.4, 0.5) is 5.69 Å². The lowest BCUT2D eigenvalue weighted by Gasteiger charge is -2.11. The number of benzene rings is 2. The highest BCUT2D eigenvalue weighted by Gasteiger charge is 2.20. The highest BCUT2D eigenvalue weighted by atomic mass is 32.2. The highest BCUT2D eigenvalue weighted by molar-refractivity contribution is 7.86. The zero-order valence-corrected chi connectivity index (χ0v) is 15.4. The molecular formula is C18H12N2O5S2. The normalized spacial score (nSPS) is 10.9. The molecule has 7 nitrogen and oxygen atoms in total. The summed E-state index contributed by atoms with van der Waals surface area (Å²) in [5.41, 5.74) is 0.921. The second kappa shape index (κ2) is 7.57. The average molecular weight is 400 g/mol. The molecule has 0 fully saturated rings. The zero-order valence-electron chi connectivity index (χ0n) is 13.7. The van der Waals surface area contributed by atoms with Crippen LogP contribution >= 0.6 is 11.3 Å². The molecule has 1 aromatic heterocycles. The van der Waals surface area contributed by atoms with E-state index in [-0.39, 0.29) is 11.4 Å². The summed E-state index contributed by atoms with van der Waals surface area (Å²) < 4.78 is 30.2. The molecular weight excluding hydrogens is 388 g/mol. The maximum absolute atomic E-state index is 12.5. The van der Waals surface area contributed by atoms with Gasteiger partial charge in [0, 0.05) is 22.6 Å². The van der Waals surface area contributed by atoms with Gasteiger partial charge in [-0.3, -0.25) is 10.1 Å². The van der Waals surface area contributed by atoms with Crippen molar-refractivity contribution in [3.63, 3.8) is 0 Å². The van der Waals surface area contributed by atoms with Crippen LogP contribution in [0.2, 0.25) is 0 Å². The van der Waals surface area contributed by atoms with Gasteiger partial charge in [0.25, 0.3) is 5.69 Å². The summed E-state index contributed by atoms with van der Waals surface area (Å²) in [5, 5.41) is 21.7. The van der Waals surface area contributed by atoms with Gasteiger partial charge in [0.2, 0.25) is 0 Å². The van der Waals surface area contributed by atoms with Crippen molar-refractivity contribution in [2.24, 2.45) is 0 Å². The van der Waals surface area contributed by atoms with Crippen LogP contribution in [0.15, 0.2) is 60.0 Å². The first-order valence-corrected chi connectivity index (χ1v) is 10.1. The van der Waals surface area contributed by atoms with Crippen molar-refractivity contribution in [3.05, 3.63) is 81.2 Å². The van der Waals surface area contributed by atoms with Crippen LogP contribution in [0.5, 0.6) is 5.75 Å². The minimum absolute atomic E-state index is 0.0134. The summed E-state index contributed by atoms with van der Waals surface area (Å²) in [6, 6.07) is 15.4. The van der Waals surface area contributed by atoms with Crippen molar-refractivity contribution in [1.29, 1.82) is 5.26 Å². The van der Waals surface area contributed by atoms with Crippen LogP contribution in [0.1, 0.15) is 11.1 Å². The van der Waals surface area contributed by atoms with E-state index in [1.807, 2.05) is 6.07 Å². The summed E-state index contributed by atoms with van der Waals surface area (Å²) in [7, 11) is -4.03. The molecule has 3 rings (SSSR count). The highest BCUT2D eigenvalue weighted by Crippen LogP contribution is 2.37. The zero-order chi connectivity index (χ0) is 19.4. The Balaban J connectivity index is 1.94. The first-order valence-electron chi connectivity index (χ1n) is 7.61. The van der Waals surface area contributed by atoms with Gasteiger partial charge in [0.05, 0.1) is 16.6 Å². The number of nitriles is 1. The summed E-state index contributed by atoms with van der Waals surface area (Å²) in [6.07, 6.45) is 0. The fourth-order valence-corrected chi connectivity index (χ4v) is 4.24. The van der Waals surface area contributed by atoms with Crippen LogP contribution in [-0.2, 0) is 15.9 Å². The van der Waals surface area contributed by atoms with E-state index in [1.165, 1.54) is 35.6 Å². The Bertz CT molecular complexity index is 1130. The molecule has 2 aromatic carbocycles. The minimum atomic E-state index is -4.03. The minimum Gasteiger partial charge on any atom is -0.381 e. The first-order chi connectivity index (χ1) is 12.9. The molecule has 0 amide bonds. The van der Waals surface area contributed by atoms with Gasteiger partial charge in [0.15, 0.2) is 5.75 Å². The molecule has 27 heavy (non-hydrogen) atoms. The maximum atomic E-state index is 12.5. The summed E-state index contributed by atoms with van der Waals surface area (Å²) in [4.78, 5) is 11.1. The van der Waals surface area contributed by atoms with E-state index in [9.17, 15) is 18.5 Å². The monoisotopic (exact) mass is 400 g/mol. The molecule has 0 radical (unpaired) electrons. The number of rotatable bonds is 6. The van der Waals surface area contributed by atoms with Crippen LogP contribution in [0, 0.1) is 21.4 Å². The molecule has 0 unspecified atom stereocenters. The third kappa shape index (κ3) is 4.49. The number of nitrogens with zero attached hydrogens (tertiary/aromatic N) is 2. The number of hydrogen-bond acceptors (Lipinski definition) is 7. The van der Waals surface area contributed by atoms with Gasteiger partial charge in [-0.1, -0.05) is 18.2 Å². The van der Waals surface area contributed by atoms with Crippen molar-refractivity contribution < 1.29 is 17.5 Å². The number of nitro benzene ring substituents is 1. The molecule has 136 valence electrons. The van der Waals surface area contributed by atoms with Gasteiger partial charge < -0.3 is 4.18 Å². The molecule has 9 heteroatoms. The smallest absolute Gasteiger partial charge is 0.313 e. The van der Waals surface area contributed by atoms with E-state index < -0.39 is 20.8 Å². The van der Waals surface area contributed by atoms with Crippen molar-refractivity contribution in [2.45, 2.75) is 5.75 Å². The SMILES string of the molecule is N#Cc1cccc(CS(=O)(=O)Oc2ccc([N+](=O)[O-])cc2-c2cccs2)c1. The second-order valence-corrected chi connectivity index (χ2v) is 8.03. The predicted octanol–water partition coefficient (Wildman–Crippen LogP) is 4.10. The van der Waals surface area contributed by atoms with E-state index in [1.54, 1.807) is 35.7 Å². The van der Waals surface area contributed by atoms with Gasteiger partial charge in [-0.25, -0.2) is 0 Å².